The Morgan fingerprint density at radius 3 is 2.77 bits per heavy atom. The van der Waals surface area contributed by atoms with Crippen molar-refractivity contribution < 1.29 is 24.3 Å². The largest absolute Gasteiger partial charge is 0.477 e. The summed E-state index contributed by atoms with van der Waals surface area (Å²) in [7, 11) is 1.35. The molecule has 12 heteroatoms. The molecule has 1 aliphatic heterocycles. The number of nitrogens with two attached hydrogens (primary N) is 1. The van der Waals surface area contributed by atoms with Gasteiger partial charge in [0.15, 0.2) is 11.6 Å². The maximum Gasteiger partial charge on any atom is 0.341 e. The summed E-state index contributed by atoms with van der Waals surface area (Å²) in [6.45, 7) is 0.249. The predicted molar refractivity (Wildman–Crippen MR) is 105 cm³/mol. The van der Waals surface area contributed by atoms with Crippen LogP contribution in [0, 0.1) is 11.7 Å². The molecule has 30 heavy (non-hydrogen) atoms. The van der Waals surface area contributed by atoms with Gasteiger partial charge in [-0.1, -0.05) is 10.3 Å². The maximum atomic E-state index is 15.0. The number of carboxylic acids is 1. The van der Waals surface area contributed by atoms with Crippen LogP contribution in [0.4, 0.5) is 10.2 Å². The molecule has 0 aromatic carbocycles. The molecule has 0 spiro atoms. The fraction of sp³-hybridized carbons (Fsp3) is 0.389. The first kappa shape index (κ1) is 19.6. The summed E-state index contributed by atoms with van der Waals surface area (Å²) in [4.78, 5) is 34.7. The molecule has 2 aromatic heterocycles. The quantitative estimate of drug-likeness (QED) is 0.278. The van der Waals surface area contributed by atoms with E-state index in [1.807, 2.05) is 0 Å². The van der Waals surface area contributed by atoms with Crippen molar-refractivity contribution >= 4 is 34.4 Å². The van der Waals surface area contributed by atoms with E-state index >= 15 is 0 Å². The van der Waals surface area contributed by atoms with Crippen molar-refractivity contribution in [1.29, 1.82) is 0 Å². The van der Waals surface area contributed by atoms with Crippen LogP contribution in [0.3, 0.4) is 0 Å². The molecule has 2 aliphatic rings. The highest BCUT2D eigenvalue weighted by Gasteiger charge is 2.36. The second-order valence-corrected chi connectivity index (χ2v) is 7.20. The van der Waals surface area contributed by atoms with Crippen LogP contribution in [0.2, 0.25) is 0 Å². The fourth-order valence-electron chi connectivity index (χ4n) is 3.64. The number of hydrogen-bond donors (Lipinski definition) is 3. The van der Waals surface area contributed by atoms with Gasteiger partial charge in [0, 0.05) is 18.8 Å². The minimum Gasteiger partial charge on any atom is -0.477 e. The molecule has 0 bridgehead atoms. The number of halogens is 1. The summed E-state index contributed by atoms with van der Waals surface area (Å²) in [5, 5.41) is 25.1. The summed E-state index contributed by atoms with van der Waals surface area (Å²) < 4.78 is 16.6. The van der Waals surface area contributed by atoms with E-state index in [4.69, 9.17) is 15.8 Å². The second-order valence-electron chi connectivity index (χ2n) is 7.20. The van der Waals surface area contributed by atoms with Gasteiger partial charge in [-0.2, -0.15) is 0 Å². The Labute approximate surface area is 168 Å². The van der Waals surface area contributed by atoms with Crippen LogP contribution in [0.1, 0.15) is 29.2 Å². The van der Waals surface area contributed by atoms with E-state index in [2.05, 4.69) is 15.3 Å². The summed E-state index contributed by atoms with van der Waals surface area (Å²) in [5.74, 6) is -2.91. The van der Waals surface area contributed by atoms with E-state index in [-0.39, 0.29) is 41.8 Å². The lowest BCUT2D eigenvalue weighted by molar-refractivity contribution is 0.0695. The summed E-state index contributed by atoms with van der Waals surface area (Å²) in [6.07, 6.45) is 2.89. The number of aromatic nitrogens is 2. The van der Waals surface area contributed by atoms with E-state index in [0.717, 1.165) is 18.9 Å². The molecule has 3 heterocycles. The van der Waals surface area contributed by atoms with Crippen LogP contribution in [-0.4, -0.2) is 57.6 Å². The Morgan fingerprint density at radius 2 is 2.17 bits per heavy atom. The highest BCUT2D eigenvalue weighted by Crippen LogP contribution is 2.37. The Hall–Kier alpha value is -3.70. The molecule has 0 radical (unpaired) electrons. The molecule has 1 atom stereocenters. The number of nitrogens with zero attached hydrogens (tertiary/aromatic N) is 5. The topological polar surface area (TPSA) is 156 Å². The van der Waals surface area contributed by atoms with E-state index in [1.54, 1.807) is 9.47 Å². The van der Waals surface area contributed by atoms with E-state index < -0.39 is 28.7 Å². The lowest BCUT2D eigenvalue weighted by atomic mass is 10.1. The molecule has 4 rings (SSSR count). The lowest BCUT2D eigenvalue weighted by Gasteiger charge is -2.19. The summed E-state index contributed by atoms with van der Waals surface area (Å²) >= 11 is 0. The molecule has 1 aliphatic carbocycles. The molecular weight excluding hydrogens is 399 g/mol. The summed E-state index contributed by atoms with van der Waals surface area (Å²) in [5.41, 5.74) is 5.15. The molecule has 2 aromatic rings. The van der Waals surface area contributed by atoms with Crippen LogP contribution < -0.4 is 16.1 Å². The number of carbonyl (C=O) groups is 1. The van der Waals surface area contributed by atoms with Crippen molar-refractivity contribution in [1.82, 2.24) is 9.55 Å². The average molecular weight is 418 g/mol. The zero-order valence-corrected chi connectivity index (χ0v) is 15.9. The minimum atomic E-state index is -1.37. The zero-order valence-electron chi connectivity index (χ0n) is 15.9. The number of carboxylic acid groups (broad SMARTS) is 1. The maximum absolute atomic E-state index is 15.0. The van der Waals surface area contributed by atoms with E-state index in [1.165, 1.54) is 13.3 Å². The number of rotatable bonds is 5. The SMILES string of the molecule is CO/N=C1\CN(c2nc3c(cc2F)c(=O)c(C(=O)O)cn3C2CC2)CC1/C(N)=N\O. The van der Waals surface area contributed by atoms with Crippen molar-refractivity contribution in [3.63, 3.8) is 0 Å². The third-order valence-corrected chi connectivity index (χ3v) is 5.25. The van der Waals surface area contributed by atoms with Gasteiger partial charge in [0.2, 0.25) is 5.43 Å². The first-order valence-corrected chi connectivity index (χ1v) is 9.16. The smallest absolute Gasteiger partial charge is 0.341 e. The third kappa shape index (κ3) is 3.19. The van der Waals surface area contributed by atoms with E-state index in [9.17, 15) is 19.1 Å². The Morgan fingerprint density at radius 1 is 1.43 bits per heavy atom. The van der Waals surface area contributed by atoms with Crippen LogP contribution in [0.5, 0.6) is 0 Å². The van der Waals surface area contributed by atoms with Crippen molar-refractivity contribution in [3.05, 3.63) is 33.9 Å². The molecular formula is C18H19FN6O5. The average Bonchev–Trinajstić information content (AvgIpc) is 3.47. The normalized spacial score (nSPS) is 20.9. The van der Waals surface area contributed by atoms with Crippen LogP contribution in [0.25, 0.3) is 11.0 Å². The third-order valence-electron chi connectivity index (χ3n) is 5.25. The molecule has 1 saturated carbocycles. The van der Waals surface area contributed by atoms with Crippen LogP contribution in [0.15, 0.2) is 27.4 Å². The highest BCUT2D eigenvalue weighted by atomic mass is 19.1. The molecule has 1 saturated heterocycles. The number of amidine groups is 1. The van der Waals surface area contributed by atoms with Gasteiger partial charge in [0.05, 0.1) is 23.6 Å². The Kier molecular flexibility index (Phi) is 4.76. The number of aromatic carboxylic acids is 1. The van der Waals surface area contributed by atoms with Crippen molar-refractivity contribution in [2.75, 3.05) is 25.1 Å². The van der Waals surface area contributed by atoms with Crippen molar-refractivity contribution in [2.24, 2.45) is 22.0 Å². The first-order valence-electron chi connectivity index (χ1n) is 9.16. The van der Waals surface area contributed by atoms with Gasteiger partial charge in [-0.25, -0.2) is 14.2 Å². The standard InChI is InChI=1S/C18H19FN6O5/c1-30-23-13-7-24(5-10(13)15(20)22-29)17-12(19)4-9-14(26)11(18(27)28)6-25(8-2-3-8)16(9)21-17/h4,6,8,10,29H,2-3,5,7H2,1H3,(H2,20,22)(H,27,28)/b23-13+. The highest BCUT2D eigenvalue weighted by molar-refractivity contribution is 6.10. The Bertz CT molecular complexity index is 1160. The summed E-state index contributed by atoms with van der Waals surface area (Å²) in [6, 6.07) is 1.01. The number of oxime groups is 2. The zero-order chi connectivity index (χ0) is 21.6. The first-order chi connectivity index (χ1) is 14.3. The number of pyridine rings is 2. The molecule has 158 valence electrons. The van der Waals surface area contributed by atoms with Gasteiger partial charge in [0.25, 0.3) is 0 Å². The number of fused-ring (bicyclic) bond motifs is 1. The van der Waals surface area contributed by atoms with E-state index in [0.29, 0.717) is 5.71 Å². The molecule has 0 amide bonds. The molecule has 4 N–H and O–H groups in total. The van der Waals surface area contributed by atoms with Crippen LogP contribution in [-0.2, 0) is 4.84 Å². The van der Waals surface area contributed by atoms with Crippen LogP contribution >= 0.6 is 0 Å². The number of anilines is 1. The van der Waals surface area contributed by atoms with Crippen molar-refractivity contribution in [2.45, 2.75) is 18.9 Å². The molecule has 1 unspecified atom stereocenters. The van der Waals surface area contributed by atoms with Gasteiger partial charge in [-0.15, -0.1) is 0 Å². The lowest BCUT2D eigenvalue weighted by Crippen LogP contribution is -2.31. The Balaban J connectivity index is 1.85. The fourth-order valence-corrected chi connectivity index (χ4v) is 3.64. The van der Waals surface area contributed by atoms with Gasteiger partial charge in [0.1, 0.15) is 24.2 Å². The monoisotopic (exact) mass is 418 g/mol. The molecule has 11 nitrogen and oxygen atoms in total. The number of hydrogen-bond acceptors (Lipinski definition) is 8. The van der Waals surface area contributed by atoms with Gasteiger partial charge >= 0.3 is 5.97 Å². The van der Waals surface area contributed by atoms with Gasteiger partial charge < -0.3 is 30.4 Å². The minimum absolute atomic E-state index is 0.00567. The second kappa shape index (κ2) is 7.28. The predicted octanol–water partition coefficient (Wildman–Crippen LogP) is 0.754. The molecule has 2 fully saturated rings. The van der Waals surface area contributed by atoms with Gasteiger partial charge in [-0.05, 0) is 18.9 Å². The van der Waals surface area contributed by atoms with Gasteiger partial charge in [-0.3, -0.25) is 4.79 Å². The van der Waals surface area contributed by atoms with Crippen molar-refractivity contribution in [3.8, 4) is 0 Å².